The van der Waals surface area contributed by atoms with Gasteiger partial charge >= 0.3 is 0 Å². The van der Waals surface area contributed by atoms with Gasteiger partial charge in [0.1, 0.15) is 0 Å². The second kappa shape index (κ2) is 6.58. The molecule has 23 heavy (non-hydrogen) atoms. The smallest absolute Gasteiger partial charge is 0.225 e. The molecule has 2 aromatic rings. The highest BCUT2D eigenvalue weighted by Gasteiger charge is 2.21. The lowest BCUT2D eigenvalue weighted by atomic mass is 10.2. The Labute approximate surface area is 140 Å². The van der Waals surface area contributed by atoms with E-state index >= 15 is 0 Å². The third kappa shape index (κ3) is 4.30. The molecule has 0 fully saturated rings. The van der Waals surface area contributed by atoms with Crippen molar-refractivity contribution in [3.8, 4) is 0 Å². The van der Waals surface area contributed by atoms with E-state index < -0.39 is 20.0 Å². The van der Waals surface area contributed by atoms with Gasteiger partial charge in [0.15, 0.2) is 0 Å². The molecule has 0 saturated carbocycles. The van der Waals surface area contributed by atoms with Crippen molar-refractivity contribution in [1.29, 1.82) is 0 Å². The highest BCUT2D eigenvalue weighted by atomic mass is 35.5. The molecule has 0 spiro atoms. The second-order valence-corrected chi connectivity index (χ2v) is 8.95. The molecule has 124 valence electrons. The SMILES string of the molecule is CN(Cc1ccc(Cl)cc1)S(=O)(=O)c1ccc(S(N)(=O)=O)cc1. The minimum atomic E-state index is -3.86. The van der Waals surface area contributed by atoms with E-state index in [4.69, 9.17) is 16.7 Å². The van der Waals surface area contributed by atoms with Gasteiger partial charge in [0.2, 0.25) is 20.0 Å². The molecule has 2 rings (SSSR count). The molecule has 0 aliphatic carbocycles. The number of hydrogen-bond donors (Lipinski definition) is 1. The standard InChI is InChI=1S/C14H15ClN2O4S2/c1-17(10-11-2-4-12(15)5-3-11)23(20,21)14-8-6-13(7-9-14)22(16,18)19/h2-9H,10H2,1H3,(H2,16,18,19). The average Bonchev–Trinajstić information content (AvgIpc) is 2.48. The minimum Gasteiger partial charge on any atom is -0.225 e. The molecule has 0 aliphatic rings. The van der Waals surface area contributed by atoms with Crippen LogP contribution in [0.1, 0.15) is 5.56 Å². The van der Waals surface area contributed by atoms with Crippen LogP contribution in [0.15, 0.2) is 58.3 Å². The molecule has 2 N–H and O–H groups in total. The summed E-state index contributed by atoms with van der Waals surface area (Å²) in [5, 5.41) is 5.56. The molecule has 2 aromatic carbocycles. The van der Waals surface area contributed by atoms with Crippen LogP contribution in [0.5, 0.6) is 0 Å². The maximum atomic E-state index is 12.5. The minimum absolute atomic E-state index is 0.0126. The van der Waals surface area contributed by atoms with Crippen molar-refractivity contribution < 1.29 is 16.8 Å². The zero-order valence-electron chi connectivity index (χ0n) is 12.2. The summed E-state index contributed by atoms with van der Waals surface area (Å²) in [6, 6.07) is 11.6. The maximum Gasteiger partial charge on any atom is 0.243 e. The van der Waals surface area contributed by atoms with Crippen LogP contribution in [0, 0.1) is 0 Å². The Morgan fingerprint density at radius 3 is 1.87 bits per heavy atom. The Balaban J connectivity index is 2.25. The van der Waals surface area contributed by atoms with E-state index in [0.29, 0.717) is 5.02 Å². The summed E-state index contributed by atoms with van der Waals surface area (Å²) >= 11 is 5.79. The van der Waals surface area contributed by atoms with E-state index in [1.807, 2.05) is 0 Å². The summed E-state index contributed by atoms with van der Waals surface area (Å²) in [6.45, 7) is 0.163. The second-order valence-electron chi connectivity index (χ2n) is 4.90. The number of rotatable bonds is 5. The molecule has 0 amide bonds. The van der Waals surface area contributed by atoms with Gasteiger partial charge in [-0.3, -0.25) is 0 Å². The molecule has 6 nitrogen and oxygen atoms in total. The predicted octanol–water partition coefficient (Wildman–Crippen LogP) is 1.81. The zero-order valence-corrected chi connectivity index (χ0v) is 14.6. The first-order valence-corrected chi connectivity index (χ1v) is 9.81. The highest BCUT2D eigenvalue weighted by molar-refractivity contribution is 7.89. The number of hydrogen-bond acceptors (Lipinski definition) is 4. The molecule has 0 heterocycles. The monoisotopic (exact) mass is 374 g/mol. The Kier molecular flexibility index (Phi) is 5.12. The summed E-state index contributed by atoms with van der Waals surface area (Å²) in [7, 11) is -6.16. The van der Waals surface area contributed by atoms with E-state index in [1.165, 1.54) is 35.6 Å². The number of nitrogens with two attached hydrogens (primary N) is 1. The van der Waals surface area contributed by atoms with Crippen LogP contribution in [-0.2, 0) is 26.6 Å². The Morgan fingerprint density at radius 1 is 0.913 bits per heavy atom. The Morgan fingerprint density at radius 2 is 1.39 bits per heavy atom. The van der Waals surface area contributed by atoms with Gasteiger partial charge < -0.3 is 0 Å². The van der Waals surface area contributed by atoms with Crippen LogP contribution in [0.2, 0.25) is 5.02 Å². The van der Waals surface area contributed by atoms with Crippen LogP contribution >= 0.6 is 11.6 Å². The normalized spacial score (nSPS) is 12.5. The summed E-state index contributed by atoms with van der Waals surface area (Å²) in [6.07, 6.45) is 0. The van der Waals surface area contributed by atoms with E-state index in [2.05, 4.69) is 0 Å². The number of primary sulfonamides is 1. The number of nitrogens with zero attached hydrogens (tertiary/aromatic N) is 1. The predicted molar refractivity (Wildman–Crippen MR) is 87.9 cm³/mol. The molecule has 0 radical (unpaired) electrons. The first-order chi connectivity index (χ1) is 10.6. The van der Waals surface area contributed by atoms with Crippen LogP contribution in [-0.4, -0.2) is 28.2 Å². The van der Waals surface area contributed by atoms with Gasteiger partial charge in [0, 0.05) is 18.6 Å². The van der Waals surface area contributed by atoms with Gasteiger partial charge in [-0.15, -0.1) is 0 Å². The summed E-state index contributed by atoms with van der Waals surface area (Å²) < 4.78 is 48.5. The summed E-state index contributed by atoms with van der Waals surface area (Å²) in [4.78, 5) is -0.154. The summed E-state index contributed by atoms with van der Waals surface area (Å²) in [5.74, 6) is 0. The fourth-order valence-electron chi connectivity index (χ4n) is 1.91. The van der Waals surface area contributed by atoms with E-state index in [-0.39, 0.29) is 16.3 Å². The zero-order chi connectivity index (χ0) is 17.3. The number of halogens is 1. The Bertz CT molecular complexity index is 893. The van der Waals surface area contributed by atoms with Gasteiger partial charge in [-0.25, -0.2) is 22.0 Å². The first kappa shape index (κ1) is 17.9. The van der Waals surface area contributed by atoms with Crippen molar-refractivity contribution >= 4 is 31.6 Å². The quantitative estimate of drug-likeness (QED) is 0.862. The molecule has 0 saturated heterocycles. The molecule has 0 atom stereocenters. The largest absolute Gasteiger partial charge is 0.243 e. The lowest BCUT2D eigenvalue weighted by Crippen LogP contribution is -2.26. The molecular formula is C14H15ClN2O4S2. The van der Waals surface area contributed by atoms with Crippen molar-refractivity contribution in [3.63, 3.8) is 0 Å². The van der Waals surface area contributed by atoms with E-state index in [1.54, 1.807) is 24.3 Å². The fourth-order valence-corrected chi connectivity index (χ4v) is 3.71. The molecule has 0 bridgehead atoms. The molecule has 9 heteroatoms. The fraction of sp³-hybridized carbons (Fsp3) is 0.143. The lowest BCUT2D eigenvalue weighted by Gasteiger charge is -2.17. The molecule has 0 aliphatic heterocycles. The third-order valence-electron chi connectivity index (χ3n) is 3.18. The van der Waals surface area contributed by atoms with Gasteiger partial charge in [0.05, 0.1) is 9.79 Å². The van der Waals surface area contributed by atoms with Crippen molar-refractivity contribution in [2.24, 2.45) is 5.14 Å². The van der Waals surface area contributed by atoms with Crippen LogP contribution in [0.25, 0.3) is 0 Å². The van der Waals surface area contributed by atoms with Crippen LogP contribution < -0.4 is 5.14 Å². The van der Waals surface area contributed by atoms with Crippen LogP contribution in [0.3, 0.4) is 0 Å². The molecule has 0 unspecified atom stereocenters. The number of benzene rings is 2. The van der Waals surface area contributed by atoms with Crippen LogP contribution in [0.4, 0.5) is 0 Å². The van der Waals surface area contributed by atoms with Gasteiger partial charge in [0.25, 0.3) is 0 Å². The van der Waals surface area contributed by atoms with Gasteiger partial charge in [-0.05, 0) is 42.0 Å². The molecular weight excluding hydrogens is 360 g/mol. The third-order valence-corrected chi connectivity index (χ3v) is 6.18. The van der Waals surface area contributed by atoms with Crippen molar-refractivity contribution in [3.05, 3.63) is 59.1 Å². The van der Waals surface area contributed by atoms with Gasteiger partial charge in [-0.2, -0.15) is 4.31 Å². The van der Waals surface area contributed by atoms with Gasteiger partial charge in [-0.1, -0.05) is 23.7 Å². The van der Waals surface area contributed by atoms with Crippen molar-refractivity contribution in [2.45, 2.75) is 16.3 Å². The molecule has 0 aromatic heterocycles. The Hall–Kier alpha value is -1.45. The lowest BCUT2D eigenvalue weighted by molar-refractivity contribution is 0.466. The highest BCUT2D eigenvalue weighted by Crippen LogP contribution is 2.19. The van der Waals surface area contributed by atoms with Crippen molar-refractivity contribution in [2.75, 3.05) is 7.05 Å². The van der Waals surface area contributed by atoms with Crippen molar-refractivity contribution in [1.82, 2.24) is 4.31 Å². The topological polar surface area (TPSA) is 97.5 Å². The van der Waals surface area contributed by atoms with E-state index in [0.717, 1.165) is 5.56 Å². The maximum absolute atomic E-state index is 12.5. The first-order valence-electron chi connectivity index (χ1n) is 6.44. The summed E-state index contributed by atoms with van der Waals surface area (Å²) in [5.41, 5.74) is 0.779. The average molecular weight is 375 g/mol. The van der Waals surface area contributed by atoms with E-state index in [9.17, 15) is 16.8 Å². The number of sulfonamides is 2.